The van der Waals surface area contributed by atoms with Gasteiger partial charge in [0.15, 0.2) is 5.82 Å². The summed E-state index contributed by atoms with van der Waals surface area (Å²) in [5, 5.41) is 21.7. The van der Waals surface area contributed by atoms with E-state index in [-0.39, 0.29) is 23.4 Å². The van der Waals surface area contributed by atoms with E-state index < -0.39 is 12.4 Å². The van der Waals surface area contributed by atoms with Crippen LogP contribution < -0.4 is 10.2 Å². The lowest BCUT2D eigenvalue weighted by atomic mass is 10.1. The maximum absolute atomic E-state index is 13.9. The number of alkyl halides is 2. The van der Waals surface area contributed by atoms with Gasteiger partial charge in [-0.25, -0.2) is 13.8 Å². The zero-order chi connectivity index (χ0) is 24.1. The van der Waals surface area contributed by atoms with E-state index in [2.05, 4.69) is 15.2 Å². The van der Waals surface area contributed by atoms with E-state index in [1.165, 1.54) is 17.8 Å². The van der Waals surface area contributed by atoms with Gasteiger partial charge >= 0.3 is 5.97 Å². The molecule has 2 heterocycles. The number of carboxylic acid groups (broad SMARTS) is 1. The zero-order valence-corrected chi connectivity index (χ0v) is 19.6. The van der Waals surface area contributed by atoms with Crippen molar-refractivity contribution in [2.45, 2.75) is 36.6 Å². The highest BCUT2D eigenvalue weighted by Crippen LogP contribution is 2.36. The molecule has 0 radical (unpaired) electrons. The van der Waals surface area contributed by atoms with Crippen molar-refractivity contribution in [3.8, 4) is 6.07 Å². The van der Waals surface area contributed by atoms with Gasteiger partial charge in [0, 0.05) is 36.0 Å². The molecule has 1 saturated heterocycles. The Bertz CT molecular complexity index is 1060. The predicted octanol–water partition coefficient (Wildman–Crippen LogP) is 4.51. The summed E-state index contributed by atoms with van der Waals surface area (Å²) in [6.07, 6.45) is 0.259. The Morgan fingerprint density at radius 3 is 2.76 bits per heavy atom. The second-order valence-corrected chi connectivity index (χ2v) is 8.96. The molecule has 7 nitrogen and oxygen atoms in total. The number of aliphatic carboxylic acids is 1. The van der Waals surface area contributed by atoms with E-state index in [0.29, 0.717) is 37.1 Å². The van der Waals surface area contributed by atoms with Gasteiger partial charge in [-0.15, -0.1) is 11.8 Å². The van der Waals surface area contributed by atoms with Crippen molar-refractivity contribution in [1.29, 1.82) is 5.26 Å². The molecule has 10 heteroatoms. The van der Waals surface area contributed by atoms with Crippen LogP contribution in [0.5, 0.6) is 0 Å². The fourth-order valence-electron chi connectivity index (χ4n) is 3.85. The first-order chi connectivity index (χ1) is 15.7. The van der Waals surface area contributed by atoms with Gasteiger partial charge in [0.05, 0.1) is 5.69 Å². The van der Waals surface area contributed by atoms with Gasteiger partial charge in [0.25, 0.3) is 6.43 Å². The van der Waals surface area contributed by atoms with Crippen molar-refractivity contribution in [3.05, 3.63) is 41.0 Å². The number of aryl methyl sites for hydroxylation is 1. The lowest BCUT2D eigenvalue weighted by Crippen LogP contribution is -2.31. The minimum atomic E-state index is -2.82. The molecule has 1 atom stereocenters. The Morgan fingerprint density at radius 2 is 2.18 bits per heavy atom. The molecule has 0 amide bonds. The largest absolute Gasteiger partial charge is 0.481 e. The van der Waals surface area contributed by atoms with Gasteiger partial charge in [0.1, 0.15) is 17.5 Å². The number of hydrogen-bond acceptors (Lipinski definition) is 7. The summed E-state index contributed by atoms with van der Waals surface area (Å²) < 4.78 is 27.8. The summed E-state index contributed by atoms with van der Waals surface area (Å²) in [6.45, 7) is 1.35. The van der Waals surface area contributed by atoms with Crippen molar-refractivity contribution in [1.82, 2.24) is 9.88 Å². The summed E-state index contributed by atoms with van der Waals surface area (Å²) in [5.41, 5.74) is 0.834. The maximum atomic E-state index is 13.9. The van der Waals surface area contributed by atoms with Gasteiger partial charge in [-0.1, -0.05) is 6.07 Å². The number of nitrogens with one attached hydrogen (secondary N) is 1. The molecule has 2 N–H and O–H groups in total. The van der Waals surface area contributed by atoms with Crippen LogP contribution in [0.4, 0.5) is 26.1 Å². The van der Waals surface area contributed by atoms with E-state index in [1.54, 1.807) is 6.07 Å². The number of carbonyl (C=O) groups is 1. The number of nitrogens with zero attached hydrogens (tertiary/aromatic N) is 4. The van der Waals surface area contributed by atoms with Crippen LogP contribution in [0.2, 0.25) is 0 Å². The van der Waals surface area contributed by atoms with E-state index in [1.807, 2.05) is 43.5 Å². The number of benzene rings is 1. The predicted molar refractivity (Wildman–Crippen MR) is 126 cm³/mol. The number of likely N-dealkylation sites (N-methyl/N-ethyl adjacent to an activating group) is 1. The van der Waals surface area contributed by atoms with Crippen LogP contribution in [-0.4, -0.2) is 60.4 Å². The van der Waals surface area contributed by atoms with E-state index >= 15 is 0 Å². The summed E-state index contributed by atoms with van der Waals surface area (Å²) >= 11 is 1.45. The molecule has 1 aromatic carbocycles. The SMILES string of the molecule is CSc1ccc(CCC(=O)O)cc1Nc1nc(N2CC[C@H](N(C)C)C2)cc(C(F)F)c1C#N. The molecule has 1 aromatic heterocycles. The average Bonchev–Trinajstić information content (AvgIpc) is 3.28. The number of pyridine rings is 1. The molecule has 176 valence electrons. The summed E-state index contributed by atoms with van der Waals surface area (Å²) in [4.78, 5) is 20.4. The van der Waals surface area contributed by atoms with Gasteiger partial charge in [-0.2, -0.15) is 5.26 Å². The molecule has 0 spiro atoms. The Balaban J connectivity index is 2.01. The molecule has 0 saturated carbocycles. The van der Waals surface area contributed by atoms with Crippen LogP contribution in [0.25, 0.3) is 0 Å². The fourth-order valence-corrected chi connectivity index (χ4v) is 4.39. The standard InChI is InChI=1S/C23H27F2N5O2S/c1-29(2)15-8-9-30(13-15)20-11-16(22(24)25)17(12-26)23(28-20)27-18-10-14(5-7-21(31)32)4-6-19(18)33-3/h4,6,10-11,15,22H,5,7-9,13H2,1-3H3,(H,27,28)(H,31,32)/t15-/m0/s1. The lowest BCUT2D eigenvalue weighted by Gasteiger charge is -2.23. The first kappa shape index (κ1) is 24.7. The van der Waals surface area contributed by atoms with Crippen LogP contribution in [0.1, 0.15) is 36.0 Å². The first-order valence-electron chi connectivity index (χ1n) is 10.5. The number of rotatable bonds is 9. The molecule has 0 unspecified atom stereocenters. The Labute approximate surface area is 196 Å². The topological polar surface area (TPSA) is 92.5 Å². The molecule has 0 aliphatic carbocycles. The summed E-state index contributed by atoms with van der Waals surface area (Å²) in [6, 6.07) is 8.96. The molecule has 1 aliphatic rings. The molecular formula is C23H27F2N5O2S. The molecule has 3 rings (SSSR count). The van der Waals surface area contributed by atoms with Gasteiger partial charge in [-0.05, 0) is 57.0 Å². The molecule has 33 heavy (non-hydrogen) atoms. The van der Waals surface area contributed by atoms with Crippen molar-refractivity contribution in [2.75, 3.05) is 43.7 Å². The number of hydrogen-bond donors (Lipinski definition) is 2. The second kappa shape index (κ2) is 10.8. The monoisotopic (exact) mass is 475 g/mol. The average molecular weight is 476 g/mol. The highest BCUT2D eigenvalue weighted by atomic mass is 32.2. The third-order valence-corrected chi connectivity index (χ3v) is 6.54. The number of aromatic nitrogens is 1. The van der Waals surface area contributed by atoms with Crippen molar-refractivity contribution in [2.24, 2.45) is 0 Å². The Kier molecular flexibility index (Phi) is 8.10. The van der Waals surface area contributed by atoms with E-state index in [9.17, 15) is 18.8 Å². The Hall–Kier alpha value is -2.90. The third kappa shape index (κ3) is 5.92. The van der Waals surface area contributed by atoms with Crippen LogP contribution in [0, 0.1) is 11.3 Å². The molecule has 0 bridgehead atoms. The molecule has 1 aliphatic heterocycles. The number of thioether (sulfide) groups is 1. The normalized spacial score (nSPS) is 15.8. The number of anilines is 3. The first-order valence-corrected chi connectivity index (χ1v) is 11.8. The van der Waals surface area contributed by atoms with E-state index in [4.69, 9.17) is 5.11 Å². The molecule has 1 fully saturated rings. The van der Waals surface area contributed by atoms with Crippen LogP contribution in [0.3, 0.4) is 0 Å². The van der Waals surface area contributed by atoms with Crippen LogP contribution in [-0.2, 0) is 11.2 Å². The second-order valence-electron chi connectivity index (χ2n) is 8.11. The quantitative estimate of drug-likeness (QED) is 0.512. The number of nitriles is 1. The molecule has 2 aromatic rings. The van der Waals surface area contributed by atoms with Gasteiger partial charge < -0.3 is 20.2 Å². The maximum Gasteiger partial charge on any atom is 0.303 e. The van der Waals surface area contributed by atoms with Gasteiger partial charge in [-0.3, -0.25) is 4.79 Å². The van der Waals surface area contributed by atoms with Crippen molar-refractivity contribution in [3.63, 3.8) is 0 Å². The smallest absolute Gasteiger partial charge is 0.303 e. The minimum absolute atomic E-state index is 0.0211. The van der Waals surface area contributed by atoms with Gasteiger partial charge in [0.2, 0.25) is 0 Å². The lowest BCUT2D eigenvalue weighted by molar-refractivity contribution is -0.136. The zero-order valence-electron chi connectivity index (χ0n) is 18.8. The third-order valence-electron chi connectivity index (χ3n) is 5.75. The summed E-state index contributed by atoms with van der Waals surface area (Å²) in [7, 11) is 3.97. The fraction of sp³-hybridized carbons (Fsp3) is 0.435. The highest BCUT2D eigenvalue weighted by Gasteiger charge is 2.28. The minimum Gasteiger partial charge on any atom is -0.481 e. The number of halogens is 2. The Morgan fingerprint density at radius 1 is 1.42 bits per heavy atom. The number of carboxylic acids is 1. The van der Waals surface area contributed by atoms with Crippen LogP contribution in [0.15, 0.2) is 29.2 Å². The van der Waals surface area contributed by atoms with Crippen molar-refractivity contribution >= 4 is 35.1 Å². The van der Waals surface area contributed by atoms with Crippen LogP contribution >= 0.6 is 11.8 Å². The highest BCUT2D eigenvalue weighted by molar-refractivity contribution is 7.98. The summed E-state index contributed by atoms with van der Waals surface area (Å²) in [5.74, 6) is -0.420. The van der Waals surface area contributed by atoms with E-state index in [0.717, 1.165) is 16.9 Å². The van der Waals surface area contributed by atoms with Crippen molar-refractivity contribution < 1.29 is 18.7 Å². The molecular weight excluding hydrogens is 448 g/mol.